The fourth-order valence-corrected chi connectivity index (χ4v) is 4.37. The fourth-order valence-electron chi connectivity index (χ4n) is 4.37. The second-order valence-corrected chi connectivity index (χ2v) is 8.46. The molecule has 0 saturated carbocycles. The lowest BCUT2D eigenvalue weighted by molar-refractivity contribution is 0.143. The summed E-state index contributed by atoms with van der Waals surface area (Å²) in [6.07, 6.45) is -2.73. The summed E-state index contributed by atoms with van der Waals surface area (Å²) in [5, 5.41) is 18.1. The molecular weight excluding hydrogens is 480 g/mol. The summed E-state index contributed by atoms with van der Waals surface area (Å²) in [7, 11) is 0. The molecule has 0 amide bonds. The minimum absolute atomic E-state index is 0.248. The Bertz CT molecular complexity index is 1590. The van der Waals surface area contributed by atoms with Gasteiger partial charge in [0.25, 0.3) is 0 Å². The fraction of sp³-hybridized carbons (Fsp3) is 0. The Hall–Kier alpha value is -5.36. The largest absolute Gasteiger partial charge is 0.511 e. The minimum Gasteiger partial charge on any atom is -0.449 e. The molecule has 38 heavy (non-hydrogen) atoms. The van der Waals surface area contributed by atoms with Crippen molar-refractivity contribution in [3.8, 4) is 56.0 Å². The highest BCUT2D eigenvalue weighted by molar-refractivity contribution is 5.89. The summed E-state index contributed by atoms with van der Waals surface area (Å²) < 4.78 is 9.81. The van der Waals surface area contributed by atoms with Gasteiger partial charge in [-0.2, -0.15) is 0 Å². The normalized spacial score (nSPS) is 10.5. The van der Waals surface area contributed by atoms with Crippen LogP contribution in [0.4, 0.5) is 9.59 Å². The van der Waals surface area contributed by atoms with Crippen LogP contribution in [0.2, 0.25) is 0 Å². The molecule has 0 fully saturated rings. The number of rotatable bonds is 6. The molecule has 0 heterocycles. The molecule has 5 aromatic rings. The summed E-state index contributed by atoms with van der Waals surface area (Å²) in [5.74, 6) is 0.507. The third kappa shape index (κ3) is 5.39. The van der Waals surface area contributed by atoms with Crippen molar-refractivity contribution in [3.63, 3.8) is 0 Å². The summed E-state index contributed by atoms with van der Waals surface area (Å²) in [6, 6.07) is 37.9. The van der Waals surface area contributed by atoms with Crippen LogP contribution in [-0.4, -0.2) is 22.5 Å². The van der Waals surface area contributed by atoms with Gasteiger partial charge in [0.15, 0.2) is 0 Å². The van der Waals surface area contributed by atoms with Crippen molar-refractivity contribution in [2.75, 3.05) is 0 Å². The van der Waals surface area contributed by atoms with E-state index < -0.39 is 12.3 Å². The van der Waals surface area contributed by atoms with Gasteiger partial charge in [-0.05, 0) is 69.3 Å². The second kappa shape index (κ2) is 10.7. The zero-order valence-electron chi connectivity index (χ0n) is 20.1. The summed E-state index contributed by atoms with van der Waals surface area (Å²) in [6.45, 7) is 0. The van der Waals surface area contributed by atoms with Crippen LogP contribution < -0.4 is 9.47 Å². The summed E-state index contributed by atoms with van der Waals surface area (Å²) in [4.78, 5) is 22.2. The van der Waals surface area contributed by atoms with E-state index in [0.29, 0.717) is 5.56 Å². The average Bonchev–Trinajstić information content (AvgIpc) is 2.94. The number of carbonyl (C=O) groups is 2. The van der Waals surface area contributed by atoms with Crippen molar-refractivity contribution in [2.45, 2.75) is 0 Å². The van der Waals surface area contributed by atoms with E-state index in [9.17, 15) is 14.7 Å². The maximum Gasteiger partial charge on any atom is 0.511 e. The third-order valence-corrected chi connectivity index (χ3v) is 6.07. The molecule has 0 aliphatic heterocycles. The molecule has 0 aliphatic rings. The minimum atomic E-state index is -1.37. The summed E-state index contributed by atoms with van der Waals surface area (Å²) in [5.41, 5.74) is 7.23. The number of hydrogen-bond donors (Lipinski definition) is 2. The molecule has 6 heteroatoms. The van der Waals surface area contributed by atoms with Crippen molar-refractivity contribution < 1.29 is 29.3 Å². The van der Waals surface area contributed by atoms with E-state index in [-0.39, 0.29) is 11.5 Å². The molecule has 5 aromatic carbocycles. The van der Waals surface area contributed by atoms with Gasteiger partial charge in [0.1, 0.15) is 11.5 Å². The van der Waals surface area contributed by atoms with Gasteiger partial charge < -0.3 is 19.7 Å². The lowest BCUT2D eigenvalue weighted by Gasteiger charge is -2.16. The number of hydrogen-bond acceptors (Lipinski definition) is 4. The van der Waals surface area contributed by atoms with Crippen molar-refractivity contribution in [3.05, 3.63) is 121 Å². The van der Waals surface area contributed by atoms with E-state index in [1.165, 1.54) is 0 Å². The molecular formula is C32H22O6. The van der Waals surface area contributed by atoms with E-state index in [4.69, 9.17) is 14.6 Å². The first-order valence-electron chi connectivity index (χ1n) is 11.8. The Balaban J connectivity index is 1.63. The Morgan fingerprint density at radius 3 is 1.58 bits per heavy atom. The maximum absolute atomic E-state index is 11.3. The Morgan fingerprint density at radius 2 is 0.974 bits per heavy atom. The standard InChI is InChI=1S/C32H22O6/c33-31(34)37-26-15-11-21(12-16-26)24-13-17-27(28(19-24)22-7-3-1-4-8-22)25-14-18-30(38-32(35)36)29(20-25)23-9-5-2-6-10-23/h1-20H,(H,33,34)(H,35,36). The Morgan fingerprint density at radius 1 is 0.447 bits per heavy atom. The van der Waals surface area contributed by atoms with Crippen LogP contribution in [0.25, 0.3) is 44.5 Å². The van der Waals surface area contributed by atoms with Gasteiger partial charge in [-0.1, -0.05) is 91.0 Å². The highest BCUT2D eigenvalue weighted by Gasteiger charge is 2.15. The van der Waals surface area contributed by atoms with Crippen LogP contribution in [0.15, 0.2) is 121 Å². The van der Waals surface area contributed by atoms with Gasteiger partial charge in [-0.3, -0.25) is 0 Å². The van der Waals surface area contributed by atoms with E-state index >= 15 is 0 Å². The molecule has 0 atom stereocenters. The lowest BCUT2D eigenvalue weighted by Crippen LogP contribution is -2.04. The van der Waals surface area contributed by atoms with Crippen LogP contribution in [0.5, 0.6) is 11.5 Å². The van der Waals surface area contributed by atoms with Crippen LogP contribution in [0.1, 0.15) is 0 Å². The zero-order chi connectivity index (χ0) is 26.5. The van der Waals surface area contributed by atoms with Crippen LogP contribution in [0, 0.1) is 0 Å². The first-order valence-corrected chi connectivity index (χ1v) is 11.8. The monoisotopic (exact) mass is 502 g/mol. The van der Waals surface area contributed by atoms with Crippen molar-refractivity contribution >= 4 is 12.3 Å². The molecule has 6 nitrogen and oxygen atoms in total. The molecule has 0 radical (unpaired) electrons. The van der Waals surface area contributed by atoms with Crippen LogP contribution in [-0.2, 0) is 0 Å². The molecule has 0 saturated heterocycles. The van der Waals surface area contributed by atoms with E-state index in [2.05, 4.69) is 6.07 Å². The average molecular weight is 503 g/mol. The molecule has 0 spiro atoms. The van der Waals surface area contributed by atoms with Gasteiger partial charge in [-0.25, -0.2) is 9.59 Å². The van der Waals surface area contributed by atoms with Gasteiger partial charge in [0.05, 0.1) is 0 Å². The number of ether oxygens (including phenoxy) is 2. The second-order valence-electron chi connectivity index (χ2n) is 8.46. The zero-order valence-corrected chi connectivity index (χ0v) is 20.1. The first-order chi connectivity index (χ1) is 18.5. The van der Waals surface area contributed by atoms with Gasteiger partial charge in [0, 0.05) is 5.56 Å². The molecule has 5 rings (SSSR count). The Kier molecular flexibility index (Phi) is 6.87. The molecule has 0 aromatic heterocycles. The molecule has 0 bridgehead atoms. The lowest BCUT2D eigenvalue weighted by atomic mass is 9.89. The van der Waals surface area contributed by atoms with Crippen molar-refractivity contribution in [1.29, 1.82) is 0 Å². The van der Waals surface area contributed by atoms with Gasteiger partial charge >= 0.3 is 12.3 Å². The molecule has 186 valence electrons. The van der Waals surface area contributed by atoms with Gasteiger partial charge in [0.2, 0.25) is 0 Å². The number of benzene rings is 5. The van der Waals surface area contributed by atoms with Gasteiger partial charge in [-0.15, -0.1) is 0 Å². The first kappa shape index (κ1) is 24.3. The molecule has 0 unspecified atom stereocenters. The predicted molar refractivity (Wildman–Crippen MR) is 145 cm³/mol. The van der Waals surface area contributed by atoms with E-state index in [1.54, 1.807) is 18.2 Å². The molecule has 0 aliphatic carbocycles. The SMILES string of the molecule is O=C(O)Oc1ccc(-c2ccc(-c3ccc(OC(=O)O)c(-c4ccccc4)c3)c(-c3ccccc3)c2)cc1. The quantitative estimate of drug-likeness (QED) is 0.179. The third-order valence-electron chi connectivity index (χ3n) is 6.07. The van der Waals surface area contributed by atoms with Crippen molar-refractivity contribution in [2.24, 2.45) is 0 Å². The number of carboxylic acid groups (broad SMARTS) is 2. The van der Waals surface area contributed by atoms with E-state index in [1.807, 2.05) is 97.1 Å². The van der Waals surface area contributed by atoms with E-state index in [0.717, 1.165) is 38.9 Å². The Labute approximate surface area is 219 Å². The summed E-state index contributed by atoms with van der Waals surface area (Å²) >= 11 is 0. The highest BCUT2D eigenvalue weighted by Crippen LogP contribution is 2.40. The molecule has 2 N–H and O–H groups in total. The predicted octanol–water partition coefficient (Wildman–Crippen LogP) is 8.47. The highest BCUT2D eigenvalue weighted by atomic mass is 16.7. The van der Waals surface area contributed by atoms with Crippen molar-refractivity contribution in [1.82, 2.24) is 0 Å². The van der Waals surface area contributed by atoms with Crippen LogP contribution >= 0.6 is 0 Å². The topological polar surface area (TPSA) is 93.1 Å². The maximum atomic E-state index is 11.3. The van der Waals surface area contributed by atoms with Crippen LogP contribution in [0.3, 0.4) is 0 Å². The smallest absolute Gasteiger partial charge is 0.449 e.